The lowest BCUT2D eigenvalue weighted by Crippen LogP contribution is -2.31. The fourth-order valence-electron chi connectivity index (χ4n) is 5.05. The molecule has 1 aliphatic carbocycles. The minimum absolute atomic E-state index is 0.769. The van der Waals surface area contributed by atoms with E-state index in [4.69, 9.17) is 9.97 Å². The Bertz CT molecular complexity index is 1080. The third kappa shape index (κ3) is 4.71. The first-order chi connectivity index (χ1) is 15.7. The number of piperidine rings is 1. The Kier molecular flexibility index (Phi) is 6.22. The molecule has 0 spiro atoms. The Labute approximate surface area is 192 Å². The summed E-state index contributed by atoms with van der Waals surface area (Å²) >= 11 is 0. The first kappa shape index (κ1) is 21.1. The van der Waals surface area contributed by atoms with Crippen LogP contribution in [-0.2, 0) is 12.8 Å². The summed E-state index contributed by atoms with van der Waals surface area (Å²) in [6.45, 7) is 8.93. The van der Waals surface area contributed by atoms with Crippen molar-refractivity contribution in [1.82, 2.24) is 14.9 Å². The topological polar surface area (TPSA) is 41.1 Å². The maximum atomic E-state index is 5.03. The van der Waals surface area contributed by atoms with Crippen LogP contribution in [0.15, 0.2) is 42.5 Å². The highest BCUT2D eigenvalue weighted by Crippen LogP contribution is 2.40. The van der Waals surface area contributed by atoms with Crippen LogP contribution in [0.1, 0.15) is 59.5 Å². The van der Waals surface area contributed by atoms with Crippen LogP contribution in [0, 0.1) is 13.8 Å². The first-order valence-corrected chi connectivity index (χ1v) is 12.2. The minimum Gasteiger partial charge on any atom is -0.369 e. The highest BCUT2D eigenvalue weighted by atomic mass is 15.1. The van der Waals surface area contributed by atoms with Gasteiger partial charge in [0.05, 0.1) is 5.69 Å². The van der Waals surface area contributed by atoms with Gasteiger partial charge in [-0.15, -0.1) is 0 Å². The fourth-order valence-corrected chi connectivity index (χ4v) is 5.05. The second kappa shape index (κ2) is 9.41. The van der Waals surface area contributed by atoms with Crippen LogP contribution < -0.4 is 5.32 Å². The number of nitrogens with zero attached hydrogens (tertiary/aromatic N) is 3. The zero-order chi connectivity index (χ0) is 21.9. The number of nitrogens with one attached hydrogen (secondary N) is 1. The normalized spacial score (nSPS) is 15.4. The molecule has 1 aliphatic heterocycles. The summed E-state index contributed by atoms with van der Waals surface area (Å²) in [5.41, 5.74) is 8.90. The van der Waals surface area contributed by atoms with Gasteiger partial charge in [0.25, 0.3) is 0 Å². The van der Waals surface area contributed by atoms with E-state index in [9.17, 15) is 0 Å². The molecule has 1 aromatic heterocycles. The van der Waals surface area contributed by atoms with Gasteiger partial charge in [-0.1, -0.05) is 60.0 Å². The summed E-state index contributed by atoms with van der Waals surface area (Å²) in [4.78, 5) is 12.7. The molecule has 0 bridgehead atoms. The van der Waals surface area contributed by atoms with Crippen LogP contribution in [0.3, 0.4) is 0 Å². The minimum atomic E-state index is 0.769. The van der Waals surface area contributed by atoms with Crippen LogP contribution in [0.2, 0.25) is 0 Å². The van der Waals surface area contributed by atoms with Crippen LogP contribution in [0.4, 0.5) is 5.82 Å². The van der Waals surface area contributed by atoms with Crippen molar-refractivity contribution in [2.24, 2.45) is 0 Å². The Morgan fingerprint density at radius 2 is 1.69 bits per heavy atom. The van der Waals surface area contributed by atoms with Gasteiger partial charge in [0, 0.05) is 24.9 Å². The predicted octanol–water partition coefficient (Wildman–Crippen LogP) is 5.54. The standard InChI is InChI=1S/C28H34N4/c1-20-7-10-22(11-8-20)18-26-30-25-19-23-17-21(2)9-12-24(23)27(25)28(31-26)29-13-6-16-32-14-4-3-5-15-32/h7-12,17H,3-6,13-16,18-19H2,1-2H3,(H,29,30,31). The number of hydrogen-bond acceptors (Lipinski definition) is 4. The Morgan fingerprint density at radius 1 is 0.906 bits per heavy atom. The summed E-state index contributed by atoms with van der Waals surface area (Å²) < 4.78 is 0. The first-order valence-electron chi connectivity index (χ1n) is 12.2. The van der Waals surface area contributed by atoms with Gasteiger partial charge in [-0.2, -0.15) is 0 Å². The maximum absolute atomic E-state index is 5.03. The number of aromatic nitrogens is 2. The third-order valence-electron chi connectivity index (χ3n) is 6.79. The molecule has 0 atom stereocenters. The second-order valence-electron chi connectivity index (χ2n) is 9.49. The van der Waals surface area contributed by atoms with Crippen molar-refractivity contribution in [3.05, 3.63) is 76.2 Å². The molecule has 5 rings (SSSR count). The van der Waals surface area contributed by atoms with E-state index in [2.05, 4.69) is 66.5 Å². The summed E-state index contributed by atoms with van der Waals surface area (Å²) in [5.74, 6) is 1.93. The van der Waals surface area contributed by atoms with Crippen molar-refractivity contribution in [3.63, 3.8) is 0 Å². The fraction of sp³-hybridized carbons (Fsp3) is 0.429. The van der Waals surface area contributed by atoms with Gasteiger partial charge in [0.2, 0.25) is 0 Å². The molecule has 1 N–H and O–H groups in total. The molecule has 2 aromatic carbocycles. The predicted molar refractivity (Wildman–Crippen MR) is 132 cm³/mol. The largest absolute Gasteiger partial charge is 0.369 e. The SMILES string of the molecule is Cc1ccc(Cc2nc3c(c(NCCCN4CCCCC4)n2)-c2ccc(C)cc2C3)cc1. The lowest BCUT2D eigenvalue weighted by atomic mass is 10.0. The van der Waals surface area contributed by atoms with Gasteiger partial charge in [-0.05, 0) is 69.4 Å². The van der Waals surface area contributed by atoms with Crippen molar-refractivity contribution in [2.45, 2.75) is 52.4 Å². The molecule has 32 heavy (non-hydrogen) atoms. The molecule has 0 amide bonds. The molecule has 166 valence electrons. The summed E-state index contributed by atoms with van der Waals surface area (Å²) in [7, 11) is 0. The van der Waals surface area contributed by atoms with E-state index in [1.807, 2.05) is 0 Å². The molecule has 2 heterocycles. The number of aryl methyl sites for hydroxylation is 2. The highest BCUT2D eigenvalue weighted by molar-refractivity contribution is 5.84. The molecule has 3 aromatic rings. The second-order valence-corrected chi connectivity index (χ2v) is 9.49. The lowest BCUT2D eigenvalue weighted by Gasteiger charge is -2.26. The van der Waals surface area contributed by atoms with Crippen LogP contribution >= 0.6 is 0 Å². The zero-order valence-corrected chi connectivity index (χ0v) is 19.5. The van der Waals surface area contributed by atoms with E-state index in [0.717, 1.165) is 37.4 Å². The third-order valence-corrected chi connectivity index (χ3v) is 6.79. The number of likely N-dealkylation sites (tertiary alicyclic amines) is 1. The van der Waals surface area contributed by atoms with Crippen molar-refractivity contribution >= 4 is 5.82 Å². The number of hydrogen-bond donors (Lipinski definition) is 1. The van der Waals surface area contributed by atoms with Crippen molar-refractivity contribution < 1.29 is 0 Å². The Balaban J connectivity index is 1.37. The van der Waals surface area contributed by atoms with Crippen molar-refractivity contribution in [1.29, 1.82) is 0 Å². The monoisotopic (exact) mass is 426 g/mol. The molecule has 0 unspecified atom stereocenters. The van der Waals surface area contributed by atoms with Crippen LogP contribution in [0.25, 0.3) is 11.1 Å². The molecular formula is C28H34N4. The quantitative estimate of drug-likeness (QED) is 0.394. The highest BCUT2D eigenvalue weighted by Gasteiger charge is 2.25. The lowest BCUT2D eigenvalue weighted by molar-refractivity contribution is 0.228. The number of fused-ring (bicyclic) bond motifs is 3. The van der Waals surface area contributed by atoms with E-state index >= 15 is 0 Å². The zero-order valence-electron chi connectivity index (χ0n) is 19.5. The van der Waals surface area contributed by atoms with E-state index in [1.54, 1.807) is 0 Å². The molecule has 2 aliphatic rings. The molecule has 0 saturated carbocycles. The Hall–Kier alpha value is -2.72. The summed E-state index contributed by atoms with van der Waals surface area (Å²) in [5, 5.41) is 3.70. The molecule has 4 nitrogen and oxygen atoms in total. The van der Waals surface area contributed by atoms with E-state index in [0.29, 0.717) is 0 Å². The average Bonchev–Trinajstić information content (AvgIpc) is 3.16. The molecular weight excluding hydrogens is 392 g/mol. The van der Waals surface area contributed by atoms with Gasteiger partial charge in [0.1, 0.15) is 11.6 Å². The van der Waals surface area contributed by atoms with Crippen molar-refractivity contribution in [2.75, 3.05) is 31.5 Å². The van der Waals surface area contributed by atoms with E-state index in [1.165, 1.54) is 78.0 Å². The van der Waals surface area contributed by atoms with E-state index in [-0.39, 0.29) is 0 Å². The van der Waals surface area contributed by atoms with Crippen LogP contribution in [0.5, 0.6) is 0 Å². The molecule has 0 radical (unpaired) electrons. The Morgan fingerprint density at radius 3 is 2.50 bits per heavy atom. The molecule has 4 heteroatoms. The van der Waals surface area contributed by atoms with Gasteiger partial charge in [0.15, 0.2) is 0 Å². The number of anilines is 1. The summed E-state index contributed by atoms with van der Waals surface area (Å²) in [6.07, 6.45) is 6.91. The van der Waals surface area contributed by atoms with Crippen LogP contribution in [-0.4, -0.2) is 41.0 Å². The summed E-state index contributed by atoms with van der Waals surface area (Å²) in [6, 6.07) is 15.5. The number of benzene rings is 2. The van der Waals surface area contributed by atoms with Crippen molar-refractivity contribution in [3.8, 4) is 11.1 Å². The average molecular weight is 427 g/mol. The molecule has 1 saturated heterocycles. The smallest absolute Gasteiger partial charge is 0.137 e. The number of rotatable bonds is 7. The van der Waals surface area contributed by atoms with Gasteiger partial charge in [-0.25, -0.2) is 9.97 Å². The van der Waals surface area contributed by atoms with Gasteiger partial charge < -0.3 is 10.2 Å². The van der Waals surface area contributed by atoms with Gasteiger partial charge in [-0.3, -0.25) is 0 Å². The van der Waals surface area contributed by atoms with E-state index < -0.39 is 0 Å². The maximum Gasteiger partial charge on any atom is 0.137 e. The molecule has 1 fully saturated rings. The van der Waals surface area contributed by atoms with Gasteiger partial charge >= 0.3 is 0 Å².